The summed E-state index contributed by atoms with van der Waals surface area (Å²) in [4.78, 5) is 9.24. The van der Waals surface area contributed by atoms with Crippen LogP contribution in [0.15, 0.2) is 0 Å². The molecule has 0 rings (SSSR count). The van der Waals surface area contributed by atoms with E-state index in [1.807, 2.05) is 0 Å². The third-order valence-electron chi connectivity index (χ3n) is 0.441. The molecule has 0 amide bonds. The van der Waals surface area contributed by atoms with Crippen LogP contribution in [0, 0.1) is 0 Å². The normalized spacial score (nSPS) is 11.3. The largest absolute Gasteiger partial charge is 0.480 e. The van der Waals surface area contributed by atoms with E-state index in [1.165, 1.54) is 0 Å². The molecule has 0 fully saturated rings. The molecule has 9 nitrogen and oxygen atoms in total. The van der Waals surface area contributed by atoms with Crippen molar-refractivity contribution >= 4 is 24.3 Å². The third-order valence-corrected chi connectivity index (χ3v) is 2.57. The Bertz CT molecular complexity index is 320. The maximum absolute atomic E-state index is 9.37. The molecule has 13 heavy (non-hydrogen) atoms. The average molecular weight is 237 g/mol. The summed E-state index contributed by atoms with van der Waals surface area (Å²) >= 11 is 0. The summed E-state index contributed by atoms with van der Waals surface area (Å²) in [5, 5.41) is 7.60. The topological polar surface area (TPSA) is 172 Å². The first-order valence-corrected chi connectivity index (χ1v) is 5.78. The van der Waals surface area contributed by atoms with E-state index in [9.17, 15) is 21.6 Å². The molecule has 0 aliphatic carbocycles. The summed E-state index contributed by atoms with van der Waals surface area (Å²) in [6.07, 6.45) is 0. The van der Waals surface area contributed by atoms with Crippen molar-refractivity contribution in [3.8, 4) is 0 Å². The second-order valence-corrected chi connectivity index (χ2v) is 5.69. The first-order chi connectivity index (χ1) is 5.52. The Kier molecular flexibility index (Phi) is 5.77. The van der Waals surface area contributed by atoms with Crippen molar-refractivity contribution in [3.05, 3.63) is 0 Å². The van der Waals surface area contributed by atoms with Gasteiger partial charge in [-0.15, -0.1) is 0 Å². The SMILES string of the molecule is NCC(=O)O.O=S(=O)(O)S(=O)(=O)O. The molecule has 0 saturated carbocycles. The standard InChI is InChI=1S/C2H5NO2.H2O6S2/c3-1-2(4)5;1-7(2,3)8(4,5)6/h1,3H2,(H,4,5);(H,1,2,3)(H,4,5,6). The van der Waals surface area contributed by atoms with Gasteiger partial charge in [0.25, 0.3) is 0 Å². The number of hydrogen-bond donors (Lipinski definition) is 4. The van der Waals surface area contributed by atoms with E-state index in [0.717, 1.165) is 0 Å². The first kappa shape index (κ1) is 14.8. The Morgan fingerprint density at radius 3 is 1.23 bits per heavy atom. The first-order valence-electron chi connectivity index (χ1n) is 2.39. The lowest BCUT2D eigenvalue weighted by atomic mass is 10.7. The highest BCUT2D eigenvalue weighted by molar-refractivity contribution is 8.62. The van der Waals surface area contributed by atoms with E-state index in [-0.39, 0.29) is 6.54 Å². The summed E-state index contributed by atoms with van der Waals surface area (Å²) in [5.74, 6) is -0.968. The number of carbonyl (C=O) groups is 1. The predicted octanol–water partition coefficient (Wildman–Crippen LogP) is -2.29. The smallest absolute Gasteiger partial charge is 0.397 e. The number of rotatable bonds is 2. The van der Waals surface area contributed by atoms with Gasteiger partial charge < -0.3 is 10.8 Å². The van der Waals surface area contributed by atoms with Crippen LogP contribution in [0.25, 0.3) is 0 Å². The van der Waals surface area contributed by atoms with Gasteiger partial charge in [-0.1, -0.05) is 0 Å². The molecule has 0 atom stereocenters. The summed E-state index contributed by atoms with van der Waals surface area (Å²) in [7, 11) is -10.6. The number of aliphatic carboxylic acids is 1. The van der Waals surface area contributed by atoms with E-state index in [2.05, 4.69) is 5.73 Å². The molecular formula is C2H7NO8S2. The van der Waals surface area contributed by atoms with Gasteiger partial charge in [-0.2, -0.15) is 16.8 Å². The highest BCUT2D eigenvalue weighted by atomic mass is 33.2. The number of hydrogen-bond acceptors (Lipinski definition) is 6. The zero-order valence-electron chi connectivity index (χ0n) is 5.98. The molecule has 0 bridgehead atoms. The maximum atomic E-state index is 9.37. The monoisotopic (exact) mass is 237 g/mol. The van der Waals surface area contributed by atoms with E-state index < -0.39 is 24.3 Å². The van der Waals surface area contributed by atoms with Gasteiger partial charge in [0.05, 0.1) is 6.54 Å². The van der Waals surface area contributed by atoms with Crippen molar-refractivity contribution in [3.63, 3.8) is 0 Å². The molecule has 11 heteroatoms. The molecule has 0 spiro atoms. The fourth-order valence-corrected chi connectivity index (χ4v) is 0. The Morgan fingerprint density at radius 2 is 1.23 bits per heavy atom. The quantitative estimate of drug-likeness (QED) is 0.304. The zero-order valence-corrected chi connectivity index (χ0v) is 7.62. The van der Waals surface area contributed by atoms with E-state index >= 15 is 0 Å². The summed E-state index contributed by atoms with van der Waals surface area (Å²) in [6.45, 7) is -0.278. The number of carboxylic acid groups (broad SMARTS) is 1. The van der Waals surface area contributed by atoms with Crippen molar-refractivity contribution in [2.45, 2.75) is 0 Å². The van der Waals surface area contributed by atoms with Gasteiger partial charge in [-0.3, -0.25) is 13.9 Å². The van der Waals surface area contributed by atoms with Gasteiger partial charge >= 0.3 is 24.3 Å². The summed E-state index contributed by atoms with van der Waals surface area (Å²) in [5.41, 5.74) is 4.57. The predicted molar refractivity (Wildman–Crippen MR) is 39.8 cm³/mol. The Labute approximate surface area is 73.1 Å². The minimum atomic E-state index is -5.31. The second kappa shape index (κ2) is 5.08. The number of nitrogens with two attached hydrogens (primary N) is 1. The molecule has 0 aliphatic heterocycles. The molecule has 0 saturated heterocycles. The van der Waals surface area contributed by atoms with Crippen LogP contribution in [0.4, 0.5) is 0 Å². The molecule has 0 aliphatic rings. The van der Waals surface area contributed by atoms with Gasteiger partial charge in [0, 0.05) is 0 Å². The van der Waals surface area contributed by atoms with Crippen LogP contribution in [0.2, 0.25) is 0 Å². The molecule has 0 heterocycles. The van der Waals surface area contributed by atoms with Crippen LogP contribution in [-0.2, 0) is 23.1 Å². The Balaban J connectivity index is 0. The van der Waals surface area contributed by atoms with Gasteiger partial charge in [-0.25, -0.2) is 0 Å². The Morgan fingerprint density at radius 1 is 1.08 bits per heavy atom. The van der Waals surface area contributed by atoms with Crippen molar-refractivity contribution in [1.29, 1.82) is 0 Å². The molecule has 0 aromatic carbocycles. The minimum Gasteiger partial charge on any atom is -0.480 e. The van der Waals surface area contributed by atoms with Crippen molar-refractivity contribution in [2.24, 2.45) is 5.73 Å². The van der Waals surface area contributed by atoms with Crippen molar-refractivity contribution in [2.75, 3.05) is 6.54 Å². The molecule has 0 aromatic rings. The maximum Gasteiger partial charge on any atom is 0.397 e. The average Bonchev–Trinajstić information content (AvgIpc) is 1.84. The van der Waals surface area contributed by atoms with Gasteiger partial charge in [-0.05, 0) is 0 Å². The lowest BCUT2D eigenvalue weighted by molar-refractivity contribution is -0.135. The van der Waals surface area contributed by atoms with Gasteiger partial charge in [0.2, 0.25) is 0 Å². The summed E-state index contributed by atoms with van der Waals surface area (Å²) in [6, 6.07) is 0. The summed E-state index contributed by atoms with van der Waals surface area (Å²) < 4.78 is 52.5. The van der Waals surface area contributed by atoms with Crippen LogP contribution >= 0.6 is 0 Å². The second-order valence-electron chi connectivity index (χ2n) is 1.45. The molecule has 0 radical (unpaired) electrons. The van der Waals surface area contributed by atoms with Crippen LogP contribution in [0.3, 0.4) is 0 Å². The highest BCUT2D eigenvalue weighted by Gasteiger charge is 2.22. The van der Waals surface area contributed by atoms with Crippen molar-refractivity contribution < 1.29 is 35.8 Å². The molecular weight excluding hydrogens is 230 g/mol. The molecule has 0 unspecified atom stereocenters. The third kappa shape index (κ3) is 9.16. The van der Waals surface area contributed by atoms with E-state index in [1.54, 1.807) is 0 Å². The van der Waals surface area contributed by atoms with Crippen LogP contribution in [0.1, 0.15) is 0 Å². The van der Waals surface area contributed by atoms with E-state index in [0.29, 0.717) is 0 Å². The van der Waals surface area contributed by atoms with E-state index in [4.69, 9.17) is 14.2 Å². The van der Waals surface area contributed by atoms with Gasteiger partial charge in [0.1, 0.15) is 0 Å². The highest BCUT2D eigenvalue weighted by Crippen LogP contribution is 1.90. The fraction of sp³-hybridized carbons (Fsp3) is 0.500. The Hall–Kier alpha value is -0.750. The molecule has 80 valence electrons. The van der Waals surface area contributed by atoms with Crippen LogP contribution < -0.4 is 5.73 Å². The lowest BCUT2D eigenvalue weighted by Gasteiger charge is -1.84. The molecule has 5 N–H and O–H groups in total. The fourth-order valence-electron chi connectivity index (χ4n) is 0. The van der Waals surface area contributed by atoms with Gasteiger partial charge in [0.15, 0.2) is 0 Å². The van der Waals surface area contributed by atoms with Crippen LogP contribution in [-0.4, -0.2) is 43.6 Å². The molecule has 0 aromatic heterocycles. The zero-order chi connectivity index (χ0) is 11.3. The lowest BCUT2D eigenvalue weighted by Crippen LogP contribution is -2.11. The number of carboxylic acids is 1. The minimum absolute atomic E-state index is 0.278. The van der Waals surface area contributed by atoms with Crippen LogP contribution in [0.5, 0.6) is 0 Å². The van der Waals surface area contributed by atoms with Crippen molar-refractivity contribution in [1.82, 2.24) is 0 Å².